The predicted octanol–water partition coefficient (Wildman–Crippen LogP) is 9.39. The summed E-state index contributed by atoms with van der Waals surface area (Å²) >= 11 is 0. The summed E-state index contributed by atoms with van der Waals surface area (Å²) in [6.45, 7) is 16.3. The van der Waals surface area contributed by atoms with Crippen molar-refractivity contribution >= 4 is 11.6 Å². The molecule has 0 aromatic carbocycles. The van der Waals surface area contributed by atoms with Gasteiger partial charge in [-0.2, -0.15) is 0 Å². The highest BCUT2D eigenvalue weighted by Crippen LogP contribution is 2.67. The molecule has 1 heterocycles. The molecule has 0 bridgehead atoms. The van der Waals surface area contributed by atoms with Gasteiger partial charge in [0.15, 0.2) is 6.29 Å². The van der Waals surface area contributed by atoms with Gasteiger partial charge in [0, 0.05) is 30.6 Å². The molecule has 8 aliphatic carbocycles. The van der Waals surface area contributed by atoms with Gasteiger partial charge in [0.1, 0.15) is 11.6 Å². The largest absolute Gasteiger partial charge is 0.393 e. The molecule has 0 aromatic rings. The van der Waals surface area contributed by atoms with Crippen LogP contribution in [0.4, 0.5) is 0 Å². The molecule has 17 atom stereocenters. The Morgan fingerprint density at radius 2 is 1.24 bits per heavy atom. The van der Waals surface area contributed by atoms with Gasteiger partial charge < -0.3 is 20.1 Å². The van der Waals surface area contributed by atoms with Crippen molar-refractivity contribution in [2.75, 3.05) is 0 Å². The van der Waals surface area contributed by atoms with Gasteiger partial charge in [-0.3, -0.25) is 9.59 Å². The van der Waals surface area contributed by atoms with Crippen LogP contribution in [-0.4, -0.2) is 51.5 Å². The lowest BCUT2D eigenvalue weighted by Crippen LogP contribution is -2.52. The van der Waals surface area contributed by atoms with Gasteiger partial charge in [0.05, 0.1) is 18.3 Å². The number of aliphatic hydroxyl groups is 3. The molecular weight excluding hydrogens is 673 g/mol. The Kier molecular flexibility index (Phi) is 10.4. The maximum absolute atomic E-state index is 13.7. The van der Waals surface area contributed by atoms with Crippen LogP contribution < -0.4 is 0 Å². The quantitative estimate of drug-likeness (QED) is 0.249. The third-order valence-corrected chi connectivity index (χ3v) is 19.2. The van der Waals surface area contributed by atoms with Gasteiger partial charge >= 0.3 is 0 Å². The minimum absolute atomic E-state index is 0.0168. The molecule has 10 unspecified atom stereocenters. The molecule has 6 heteroatoms. The third-order valence-electron chi connectivity index (χ3n) is 19.2. The summed E-state index contributed by atoms with van der Waals surface area (Å²) in [5.74, 6) is 5.90. The highest BCUT2D eigenvalue weighted by molar-refractivity contribution is 5.87. The standard InChI is InChI=1S/C29H46O4.C19H28O2/c1-16(2)18-12-25(33-26(32)13-18)17(3)23-15-24(31)27-21-7-6-19-14-20(30)8-10-28(19,4)22(21)9-11-29(23,27)5;1-18-9-7-13(20)11-12(18)3-4-14-15-5-6-17(21)19(15,2)10-8-16(14)18/h6,16-18,20-23,25-27,30,32H,7-15H2,1-5H3;3,13-16,20H,4-11H2,1-2H3/t17?,18?,20-,21?,22?,23?,25?,26?,27+,28-,29+;13-,14?,15?,16?,18-,19-/m00/s1. The normalized spacial score (nSPS) is 51.6. The molecule has 6 nitrogen and oxygen atoms in total. The van der Waals surface area contributed by atoms with Crippen LogP contribution in [0.3, 0.4) is 0 Å². The fourth-order valence-electron chi connectivity index (χ4n) is 15.8. The monoisotopic (exact) mass is 747 g/mol. The summed E-state index contributed by atoms with van der Waals surface area (Å²) < 4.78 is 6.12. The van der Waals surface area contributed by atoms with E-state index in [4.69, 9.17) is 4.74 Å². The maximum atomic E-state index is 13.7. The molecule has 302 valence electrons. The van der Waals surface area contributed by atoms with Crippen molar-refractivity contribution in [3.63, 3.8) is 0 Å². The second kappa shape index (κ2) is 14.2. The van der Waals surface area contributed by atoms with E-state index in [1.165, 1.54) is 24.0 Å². The molecule has 0 amide bonds. The van der Waals surface area contributed by atoms with E-state index in [1.54, 1.807) is 0 Å². The molecule has 0 spiro atoms. The minimum Gasteiger partial charge on any atom is -0.393 e. The Hall–Kier alpha value is -1.34. The number of fused-ring (bicyclic) bond motifs is 10. The smallest absolute Gasteiger partial charge is 0.155 e. The summed E-state index contributed by atoms with van der Waals surface area (Å²) in [4.78, 5) is 26.0. The number of carbonyl (C=O) groups is 2. The topological polar surface area (TPSA) is 104 Å². The number of allylic oxidation sites excluding steroid dienone is 2. The number of carbonyl (C=O) groups excluding carboxylic acids is 2. The maximum Gasteiger partial charge on any atom is 0.155 e. The number of aliphatic hydroxyl groups excluding tert-OH is 3. The second-order valence-corrected chi connectivity index (χ2v) is 21.9. The Bertz CT molecular complexity index is 1530. The fourth-order valence-corrected chi connectivity index (χ4v) is 15.8. The van der Waals surface area contributed by atoms with Crippen LogP contribution in [0, 0.1) is 80.8 Å². The van der Waals surface area contributed by atoms with E-state index in [9.17, 15) is 24.9 Å². The van der Waals surface area contributed by atoms with E-state index in [0.717, 1.165) is 95.8 Å². The Morgan fingerprint density at radius 1 is 0.685 bits per heavy atom. The Balaban J connectivity index is 0.000000169. The van der Waals surface area contributed by atoms with Gasteiger partial charge in [-0.25, -0.2) is 0 Å². The minimum atomic E-state index is -0.668. The molecular formula is C48H74O6. The van der Waals surface area contributed by atoms with Crippen molar-refractivity contribution in [3.8, 4) is 0 Å². The van der Waals surface area contributed by atoms with Crippen LogP contribution in [0.5, 0.6) is 0 Å². The number of ketones is 2. The van der Waals surface area contributed by atoms with Crippen LogP contribution in [0.1, 0.15) is 158 Å². The number of Topliss-reactive ketones (excluding diaryl/α,β-unsaturated/α-hetero) is 2. The van der Waals surface area contributed by atoms with E-state index in [-0.39, 0.29) is 46.4 Å². The summed E-state index contributed by atoms with van der Waals surface area (Å²) in [6, 6.07) is 0. The first kappa shape index (κ1) is 39.5. The van der Waals surface area contributed by atoms with E-state index in [1.807, 2.05) is 0 Å². The van der Waals surface area contributed by atoms with Crippen LogP contribution >= 0.6 is 0 Å². The molecule has 1 aliphatic heterocycles. The highest BCUT2D eigenvalue weighted by atomic mass is 16.6. The zero-order valence-corrected chi connectivity index (χ0v) is 34.8. The van der Waals surface area contributed by atoms with Gasteiger partial charge in [-0.05, 0) is 159 Å². The first-order valence-electron chi connectivity index (χ1n) is 22.6. The fraction of sp³-hybridized carbons (Fsp3) is 0.875. The van der Waals surface area contributed by atoms with Crippen molar-refractivity contribution in [3.05, 3.63) is 23.3 Å². The molecule has 0 radical (unpaired) electrons. The van der Waals surface area contributed by atoms with E-state index >= 15 is 0 Å². The molecule has 9 aliphatic rings. The lowest BCUT2D eigenvalue weighted by atomic mass is 9.46. The Morgan fingerprint density at radius 3 is 1.87 bits per heavy atom. The molecule has 54 heavy (non-hydrogen) atoms. The SMILES string of the molecule is CC(C)C1CC(O)OC(C(C)C2CC(=O)[C@H]3C4CC=C5C[C@@H](O)CC[C@]5(C)C4CC[C@]23C)C1.C[C@]12CC[C@H](O)CC1=CCC1C2CC[C@]2(C)C(=O)CCC12. The third kappa shape index (κ3) is 6.23. The lowest BCUT2D eigenvalue weighted by Gasteiger charge is -2.58. The zero-order valence-electron chi connectivity index (χ0n) is 34.8. The number of ether oxygens (including phenoxy) is 1. The zero-order chi connectivity index (χ0) is 38.5. The van der Waals surface area contributed by atoms with Crippen molar-refractivity contribution in [1.82, 2.24) is 0 Å². The van der Waals surface area contributed by atoms with Crippen molar-refractivity contribution in [2.24, 2.45) is 80.8 Å². The van der Waals surface area contributed by atoms with Crippen LogP contribution in [-0.2, 0) is 14.3 Å². The van der Waals surface area contributed by atoms with Gasteiger partial charge in [-0.15, -0.1) is 0 Å². The van der Waals surface area contributed by atoms with Crippen LogP contribution in [0.15, 0.2) is 23.3 Å². The van der Waals surface area contributed by atoms with Crippen molar-refractivity contribution in [2.45, 2.75) is 182 Å². The average molecular weight is 747 g/mol. The van der Waals surface area contributed by atoms with Crippen LogP contribution in [0.25, 0.3) is 0 Å². The molecule has 7 fully saturated rings. The summed E-state index contributed by atoms with van der Waals surface area (Å²) in [6.07, 6.45) is 20.8. The van der Waals surface area contributed by atoms with Crippen molar-refractivity contribution < 1.29 is 29.6 Å². The molecule has 3 N–H and O–H groups in total. The van der Waals surface area contributed by atoms with Crippen LogP contribution in [0.2, 0.25) is 0 Å². The van der Waals surface area contributed by atoms with E-state index < -0.39 is 6.29 Å². The molecule has 0 aromatic heterocycles. The lowest BCUT2D eigenvalue weighted by molar-refractivity contribution is -0.204. The van der Waals surface area contributed by atoms with Gasteiger partial charge in [0.25, 0.3) is 0 Å². The van der Waals surface area contributed by atoms with Crippen molar-refractivity contribution in [1.29, 1.82) is 0 Å². The number of hydrogen-bond donors (Lipinski definition) is 3. The summed E-state index contributed by atoms with van der Waals surface area (Å²) in [7, 11) is 0. The number of hydrogen-bond acceptors (Lipinski definition) is 6. The first-order valence-corrected chi connectivity index (χ1v) is 22.6. The highest BCUT2D eigenvalue weighted by Gasteiger charge is 2.63. The number of rotatable bonds is 3. The Labute approximate surface area is 326 Å². The summed E-state index contributed by atoms with van der Waals surface area (Å²) in [5.41, 5.74) is 3.47. The molecule has 9 rings (SSSR count). The second-order valence-electron chi connectivity index (χ2n) is 21.9. The molecule has 6 saturated carbocycles. The average Bonchev–Trinajstić information content (AvgIpc) is 3.59. The van der Waals surface area contributed by atoms with Gasteiger partial charge in [0.2, 0.25) is 0 Å². The van der Waals surface area contributed by atoms with E-state index in [0.29, 0.717) is 64.8 Å². The predicted molar refractivity (Wildman–Crippen MR) is 212 cm³/mol. The van der Waals surface area contributed by atoms with E-state index in [2.05, 4.69) is 60.6 Å². The first-order chi connectivity index (χ1) is 25.5. The molecule has 1 saturated heterocycles. The summed E-state index contributed by atoms with van der Waals surface area (Å²) in [5, 5.41) is 30.7. The van der Waals surface area contributed by atoms with Gasteiger partial charge in [-0.1, -0.05) is 71.8 Å².